The van der Waals surface area contributed by atoms with E-state index in [0.29, 0.717) is 10.0 Å². The Morgan fingerprint density at radius 1 is 1.21 bits per heavy atom. The van der Waals surface area contributed by atoms with E-state index in [4.69, 9.17) is 11.6 Å². The Labute approximate surface area is 155 Å². The summed E-state index contributed by atoms with van der Waals surface area (Å²) >= 11 is 9.28. The minimum absolute atomic E-state index is 0.186. The molecule has 0 spiro atoms. The number of pyridine rings is 1. The summed E-state index contributed by atoms with van der Waals surface area (Å²) in [7, 11) is 0. The Kier molecular flexibility index (Phi) is 5.74. The van der Waals surface area contributed by atoms with Crippen molar-refractivity contribution in [2.45, 2.75) is 25.7 Å². The van der Waals surface area contributed by atoms with Gasteiger partial charge in [0.1, 0.15) is 5.15 Å². The maximum atomic E-state index is 12.3. The van der Waals surface area contributed by atoms with Gasteiger partial charge in [-0.25, -0.2) is 4.98 Å². The summed E-state index contributed by atoms with van der Waals surface area (Å²) in [5.74, 6) is 0.510. The monoisotopic (exact) mass is 407 g/mol. The standard InChI is InChI=1S/C18H19BrClN3O/c19-13-9-16(17(20)22-11-13)18(24)23-15-7-5-14(6-8-15)21-10-12-3-1-2-4-12/h5-9,11-12,21H,1-4,10H2,(H,23,24). The largest absolute Gasteiger partial charge is 0.385 e. The molecule has 0 saturated heterocycles. The van der Waals surface area contributed by atoms with Crippen LogP contribution in [0.1, 0.15) is 36.0 Å². The van der Waals surface area contributed by atoms with Gasteiger partial charge in [-0.15, -0.1) is 0 Å². The maximum Gasteiger partial charge on any atom is 0.258 e. The van der Waals surface area contributed by atoms with Crippen LogP contribution in [0, 0.1) is 5.92 Å². The van der Waals surface area contributed by atoms with Gasteiger partial charge >= 0.3 is 0 Å². The van der Waals surface area contributed by atoms with Crippen molar-refractivity contribution in [1.29, 1.82) is 0 Å². The van der Waals surface area contributed by atoms with Gasteiger partial charge in [0.05, 0.1) is 5.56 Å². The Hall–Kier alpha value is -1.59. The number of carbonyl (C=O) groups excluding carboxylic acids is 1. The molecule has 1 heterocycles. The highest BCUT2D eigenvalue weighted by atomic mass is 79.9. The molecular weight excluding hydrogens is 390 g/mol. The summed E-state index contributed by atoms with van der Waals surface area (Å²) in [4.78, 5) is 16.3. The predicted octanol–water partition coefficient (Wildman–Crippen LogP) is 5.35. The number of hydrogen-bond donors (Lipinski definition) is 2. The van der Waals surface area contributed by atoms with E-state index in [0.717, 1.165) is 23.8 Å². The lowest BCUT2D eigenvalue weighted by Gasteiger charge is -2.12. The Balaban J connectivity index is 1.59. The topological polar surface area (TPSA) is 54.0 Å². The van der Waals surface area contributed by atoms with Crippen LogP contribution >= 0.6 is 27.5 Å². The lowest BCUT2D eigenvalue weighted by molar-refractivity contribution is 0.102. The zero-order valence-corrected chi connectivity index (χ0v) is 15.5. The van der Waals surface area contributed by atoms with Crippen LogP contribution in [-0.2, 0) is 0 Å². The van der Waals surface area contributed by atoms with Crippen LogP contribution < -0.4 is 10.6 Å². The molecule has 1 saturated carbocycles. The van der Waals surface area contributed by atoms with Crippen molar-refractivity contribution in [2.24, 2.45) is 5.92 Å². The van der Waals surface area contributed by atoms with Gasteiger partial charge in [-0.2, -0.15) is 0 Å². The second kappa shape index (κ2) is 7.99. The number of amides is 1. The normalized spacial score (nSPS) is 14.6. The third-order valence-electron chi connectivity index (χ3n) is 4.26. The van der Waals surface area contributed by atoms with Crippen molar-refractivity contribution < 1.29 is 4.79 Å². The van der Waals surface area contributed by atoms with Gasteiger partial charge in [-0.1, -0.05) is 24.4 Å². The van der Waals surface area contributed by atoms with E-state index in [9.17, 15) is 4.79 Å². The van der Waals surface area contributed by atoms with Gasteiger partial charge in [0.25, 0.3) is 5.91 Å². The molecule has 0 aliphatic heterocycles. The summed E-state index contributed by atoms with van der Waals surface area (Å²) in [6.45, 7) is 1.02. The van der Waals surface area contributed by atoms with Crippen molar-refractivity contribution >= 4 is 44.8 Å². The highest BCUT2D eigenvalue weighted by Gasteiger charge is 2.15. The first-order chi connectivity index (χ1) is 11.6. The van der Waals surface area contributed by atoms with Gasteiger partial charge in [0.2, 0.25) is 0 Å². The van der Waals surface area contributed by atoms with Gasteiger partial charge in [0, 0.05) is 28.6 Å². The van der Waals surface area contributed by atoms with Crippen LogP contribution in [0.4, 0.5) is 11.4 Å². The number of anilines is 2. The average molecular weight is 409 g/mol. The smallest absolute Gasteiger partial charge is 0.258 e. The van der Waals surface area contributed by atoms with Gasteiger partial charge in [-0.05, 0) is 65.0 Å². The second-order valence-electron chi connectivity index (χ2n) is 6.05. The van der Waals surface area contributed by atoms with E-state index in [2.05, 4.69) is 31.5 Å². The number of aromatic nitrogens is 1. The number of nitrogens with one attached hydrogen (secondary N) is 2. The highest BCUT2D eigenvalue weighted by molar-refractivity contribution is 9.10. The number of nitrogens with zero attached hydrogens (tertiary/aromatic N) is 1. The Bertz CT molecular complexity index is 715. The first kappa shape index (κ1) is 17.2. The van der Waals surface area contributed by atoms with Crippen molar-refractivity contribution in [1.82, 2.24) is 4.98 Å². The molecule has 1 aromatic carbocycles. The summed E-state index contributed by atoms with van der Waals surface area (Å²) < 4.78 is 0.712. The van der Waals surface area contributed by atoms with E-state index in [1.165, 1.54) is 25.7 Å². The number of halogens is 2. The van der Waals surface area contributed by atoms with Crippen molar-refractivity contribution in [2.75, 3.05) is 17.2 Å². The molecule has 1 fully saturated rings. The minimum atomic E-state index is -0.277. The highest BCUT2D eigenvalue weighted by Crippen LogP contribution is 2.25. The molecule has 6 heteroatoms. The van der Waals surface area contributed by atoms with Crippen LogP contribution in [0.2, 0.25) is 5.15 Å². The average Bonchev–Trinajstić information content (AvgIpc) is 3.10. The molecule has 126 valence electrons. The minimum Gasteiger partial charge on any atom is -0.385 e. The molecule has 4 nitrogen and oxygen atoms in total. The lowest BCUT2D eigenvalue weighted by atomic mass is 10.1. The fraction of sp³-hybridized carbons (Fsp3) is 0.333. The zero-order chi connectivity index (χ0) is 16.9. The molecule has 1 aliphatic carbocycles. The van der Waals surface area contributed by atoms with Crippen LogP contribution in [0.5, 0.6) is 0 Å². The molecule has 2 aromatic rings. The lowest BCUT2D eigenvalue weighted by Crippen LogP contribution is -2.13. The van der Waals surface area contributed by atoms with E-state index >= 15 is 0 Å². The predicted molar refractivity (Wildman–Crippen MR) is 102 cm³/mol. The van der Waals surface area contributed by atoms with E-state index in [-0.39, 0.29) is 11.1 Å². The summed E-state index contributed by atoms with van der Waals surface area (Å²) in [5, 5.41) is 6.49. The van der Waals surface area contributed by atoms with E-state index < -0.39 is 0 Å². The van der Waals surface area contributed by atoms with Crippen LogP contribution in [0.25, 0.3) is 0 Å². The maximum absolute atomic E-state index is 12.3. The van der Waals surface area contributed by atoms with Crippen LogP contribution in [0.15, 0.2) is 41.0 Å². The molecule has 1 aromatic heterocycles. The number of rotatable bonds is 5. The van der Waals surface area contributed by atoms with Gasteiger partial charge in [0.15, 0.2) is 0 Å². The van der Waals surface area contributed by atoms with Crippen molar-refractivity contribution in [3.05, 3.63) is 51.7 Å². The molecular formula is C18H19BrClN3O. The molecule has 1 amide bonds. The first-order valence-corrected chi connectivity index (χ1v) is 9.25. The van der Waals surface area contributed by atoms with Crippen LogP contribution in [0.3, 0.4) is 0 Å². The summed E-state index contributed by atoms with van der Waals surface area (Å²) in [6.07, 6.45) is 6.91. The SMILES string of the molecule is O=C(Nc1ccc(NCC2CCCC2)cc1)c1cc(Br)cnc1Cl. The van der Waals surface area contributed by atoms with E-state index in [1.54, 1.807) is 12.3 Å². The van der Waals surface area contributed by atoms with Gasteiger partial charge in [-0.3, -0.25) is 4.79 Å². The summed E-state index contributed by atoms with van der Waals surface area (Å²) in [5.41, 5.74) is 2.14. The third kappa shape index (κ3) is 4.48. The molecule has 0 radical (unpaired) electrons. The molecule has 3 rings (SSSR count). The first-order valence-electron chi connectivity index (χ1n) is 8.08. The van der Waals surface area contributed by atoms with Crippen molar-refractivity contribution in [3.63, 3.8) is 0 Å². The molecule has 0 atom stereocenters. The van der Waals surface area contributed by atoms with Crippen molar-refractivity contribution in [3.8, 4) is 0 Å². The third-order valence-corrected chi connectivity index (χ3v) is 5.00. The fourth-order valence-corrected chi connectivity index (χ4v) is 3.45. The molecule has 24 heavy (non-hydrogen) atoms. The Morgan fingerprint density at radius 3 is 2.58 bits per heavy atom. The molecule has 2 N–H and O–H groups in total. The van der Waals surface area contributed by atoms with Crippen LogP contribution in [-0.4, -0.2) is 17.4 Å². The quantitative estimate of drug-likeness (QED) is 0.656. The Morgan fingerprint density at radius 2 is 1.88 bits per heavy atom. The zero-order valence-electron chi connectivity index (χ0n) is 13.2. The van der Waals surface area contributed by atoms with E-state index in [1.807, 2.05) is 24.3 Å². The second-order valence-corrected chi connectivity index (χ2v) is 7.33. The number of hydrogen-bond acceptors (Lipinski definition) is 3. The molecule has 0 bridgehead atoms. The molecule has 0 unspecified atom stereocenters. The summed E-state index contributed by atoms with van der Waals surface area (Å²) in [6, 6.07) is 9.38. The molecule has 1 aliphatic rings. The fourth-order valence-electron chi connectivity index (χ4n) is 2.93. The number of carbonyl (C=O) groups is 1. The van der Waals surface area contributed by atoms with Gasteiger partial charge < -0.3 is 10.6 Å². The number of benzene rings is 1.